The third-order valence-corrected chi connectivity index (χ3v) is 6.17. The van der Waals surface area contributed by atoms with Crippen LogP contribution in [0.25, 0.3) is 0 Å². The summed E-state index contributed by atoms with van der Waals surface area (Å²) in [5, 5.41) is 10.4. The summed E-state index contributed by atoms with van der Waals surface area (Å²) in [5.41, 5.74) is 3.95. The fraction of sp³-hybridized carbons (Fsp3) is 0.280. The highest BCUT2D eigenvalue weighted by Gasteiger charge is 2.34. The Labute approximate surface area is 193 Å². The molecule has 1 fully saturated rings. The summed E-state index contributed by atoms with van der Waals surface area (Å²) in [6.45, 7) is 4.06. The Kier molecular flexibility index (Phi) is 6.97. The molecule has 7 heteroatoms. The maximum absolute atomic E-state index is 13.4. The first kappa shape index (κ1) is 22.2. The minimum absolute atomic E-state index is 0.142. The second-order valence-corrected chi connectivity index (χ2v) is 8.49. The third-order valence-electron chi connectivity index (χ3n) is 5.92. The number of ether oxygens (including phenoxy) is 1. The van der Waals surface area contributed by atoms with Crippen molar-refractivity contribution in [3.05, 3.63) is 83.8 Å². The minimum atomic E-state index is -0.228. The number of aryl methyl sites for hydroxylation is 1. The molecule has 0 aliphatic carbocycles. The molecule has 0 radical (unpaired) electrons. The summed E-state index contributed by atoms with van der Waals surface area (Å²) in [5.74, 6) is 0.537. The molecule has 0 spiro atoms. The van der Waals surface area contributed by atoms with Crippen molar-refractivity contribution in [2.24, 2.45) is 0 Å². The SMILES string of the molecule is Cc1ccccc1Nc1ccc(NC(=S)NCC2(c3ccc(F)cc3)CCOCC2)cn1. The van der Waals surface area contributed by atoms with Crippen molar-refractivity contribution in [1.82, 2.24) is 10.3 Å². The summed E-state index contributed by atoms with van der Waals surface area (Å²) in [4.78, 5) is 4.47. The maximum Gasteiger partial charge on any atom is 0.170 e. The molecule has 0 atom stereocenters. The van der Waals surface area contributed by atoms with E-state index in [4.69, 9.17) is 17.0 Å². The third kappa shape index (κ3) is 5.41. The summed E-state index contributed by atoms with van der Waals surface area (Å²) >= 11 is 5.52. The standard InChI is InChI=1S/C25H27FN4OS/c1-18-4-2-3-5-22(18)30-23-11-10-21(16-27-23)29-24(32)28-17-25(12-14-31-15-13-25)19-6-8-20(26)9-7-19/h2-11,16H,12-15,17H2,1H3,(H,27,30)(H2,28,29,32). The summed E-state index contributed by atoms with van der Waals surface area (Å²) in [7, 11) is 0. The maximum atomic E-state index is 13.4. The van der Waals surface area contributed by atoms with Gasteiger partial charge in [-0.25, -0.2) is 9.37 Å². The van der Waals surface area contributed by atoms with E-state index in [1.165, 1.54) is 12.1 Å². The second kappa shape index (κ2) is 10.1. The molecule has 5 nitrogen and oxygen atoms in total. The van der Waals surface area contributed by atoms with E-state index >= 15 is 0 Å². The predicted molar refractivity (Wildman–Crippen MR) is 131 cm³/mol. The lowest BCUT2D eigenvalue weighted by Gasteiger charge is -2.38. The summed E-state index contributed by atoms with van der Waals surface area (Å²) in [6, 6.07) is 18.7. The summed E-state index contributed by atoms with van der Waals surface area (Å²) in [6.07, 6.45) is 3.46. The van der Waals surface area contributed by atoms with Crippen LogP contribution in [-0.2, 0) is 10.2 Å². The van der Waals surface area contributed by atoms with Gasteiger partial charge in [-0.3, -0.25) is 0 Å². The highest BCUT2D eigenvalue weighted by molar-refractivity contribution is 7.80. The van der Waals surface area contributed by atoms with E-state index in [-0.39, 0.29) is 11.2 Å². The quantitative estimate of drug-likeness (QED) is 0.443. The first-order valence-corrected chi connectivity index (χ1v) is 11.1. The lowest BCUT2D eigenvalue weighted by atomic mass is 9.74. The van der Waals surface area contributed by atoms with Crippen LogP contribution in [0.1, 0.15) is 24.0 Å². The molecule has 0 bridgehead atoms. The number of thiocarbonyl (C=S) groups is 1. The lowest BCUT2D eigenvalue weighted by molar-refractivity contribution is 0.0515. The van der Waals surface area contributed by atoms with Crippen molar-refractivity contribution in [3.63, 3.8) is 0 Å². The van der Waals surface area contributed by atoms with Crippen LogP contribution in [0, 0.1) is 12.7 Å². The van der Waals surface area contributed by atoms with Crippen molar-refractivity contribution in [1.29, 1.82) is 0 Å². The molecule has 2 heterocycles. The average molecular weight is 451 g/mol. The van der Waals surface area contributed by atoms with Gasteiger partial charge in [0.1, 0.15) is 11.6 Å². The Morgan fingerprint density at radius 1 is 1.06 bits per heavy atom. The lowest BCUT2D eigenvalue weighted by Crippen LogP contribution is -2.45. The fourth-order valence-corrected chi connectivity index (χ4v) is 4.14. The molecule has 1 aromatic heterocycles. The molecule has 0 saturated carbocycles. The van der Waals surface area contributed by atoms with E-state index in [1.54, 1.807) is 6.20 Å². The molecule has 166 valence electrons. The van der Waals surface area contributed by atoms with Gasteiger partial charge >= 0.3 is 0 Å². The van der Waals surface area contributed by atoms with E-state index < -0.39 is 0 Å². The Hall–Kier alpha value is -3.03. The van der Waals surface area contributed by atoms with E-state index in [9.17, 15) is 4.39 Å². The first-order valence-electron chi connectivity index (χ1n) is 10.7. The zero-order valence-electron chi connectivity index (χ0n) is 18.0. The monoisotopic (exact) mass is 450 g/mol. The van der Waals surface area contributed by atoms with Crippen LogP contribution >= 0.6 is 12.2 Å². The number of para-hydroxylation sites is 1. The topological polar surface area (TPSA) is 58.2 Å². The molecule has 1 saturated heterocycles. The van der Waals surface area contributed by atoms with E-state index in [0.29, 0.717) is 24.9 Å². The van der Waals surface area contributed by atoms with Gasteiger partial charge in [0, 0.05) is 30.9 Å². The number of anilines is 3. The Bertz CT molecular complexity index is 1050. The Morgan fingerprint density at radius 2 is 1.81 bits per heavy atom. The van der Waals surface area contributed by atoms with Gasteiger partial charge in [-0.05, 0) is 73.4 Å². The Balaban J connectivity index is 1.36. The number of rotatable bonds is 6. The normalized spacial score (nSPS) is 15.1. The number of benzene rings is 2. The van der Waals surface area contributed by atoms with Crippen molar-refractivity contribution in [2.75, 3.05) is 30.4 Å². The molecule has 1 aliphatic rings. The molecular formula is C25H27FN4OS. The van der Waals surface area contributed by atoms with Crippen LogP contribution in [0.15, 0.2) is 66.9 Å². The van der Waals surface area contributed by atoms with Crippen molar-refractivity contribution in [2.45, 2.75) is 25.2 Å². The van der Waals surface area contributed by atoms with Crippen LogP contribution in [0.4, 0.5) is 21.6 Å². The zero-order valence-corrected chi connectivity index (χ0v) is 18.8. The van der Waals surface area contributed by atoms with Crippen LogP contribution in [0.2, 0.25) is 0 Å². The molecular weight excluding hydrogens is 423 g/mol. The summed E-state index contributed by atoms with van der Waals surface area (Å²) < 4.78 is 19.0. The number of hydrogen-bond donors (Lipinski definition) is 3. The first-order chi connectivity index (χ1) is 15.5. The smallest absolute Gasteiger partial charge is 0.170 e. The van der Waals surface area contributed by atoms with E-state index in [2.05, 4.69) is 33.9 Å². The largest absolute Gasteiger partial charge is 0.381 e. The van der Waals surface area contributed by atoms with Gasteiger partial charge in [0.05, 0.1) is 11.9 Å². The molecule has 1 aliphatic heterocycles. The zero-order chi connectivity index (χ0) is 22.4. The molecule has 0 amide bonds. The van der Waals surface area contributed by atoms with Crippen molar-refractivity contribution in [3.8, 4) is 0 Å². The van der Waals surface area contributed by atoms with Crippen LogP contribution in [-0.4, -0.2) is 29.9 Å². The molecule has 3 aromatic rings. The molecule has 32 heavy (non-hydrogen) atoms. The second-order valence-electron chi connectivity index (χ2n) is 8.08. The number of pyridine rings is 1. The van der Waals surface area contributed by atoms with Gasteiger partial charge in [-0.15, -0.1) is 0 Å². The van der Waals surface area contributed by atoms with E-state index in [0.717, 1.165) is 41.2 Å². The molecule has 3 N–H and O–H groups in total. The van der Waals surface area contributed by atoms with Crippen LogP contribution in [0.3, 0.4) is 0 Å². The van der Waals surface area contributed by atoms with Gasteiger partial charge < -0.3 is 20.7 Å². The van der Waals surface area contributed by atoms with Gasteiger partial charge in [0.2, 0.25) is 0 Å². The minimum Gasteiger partial charge on any atom is -0.381 e. The Morgan fingerprint density at radius 3 is 2.50 bits per heavy atom. The molecule has 4 rings (SSSR count). The molecule has 2 aromatic carbocycles. The number of hydrogen-bond acceptors (Lipinski definition) is 4. The van der Waals surface area contributed by atoms with Crippen molar-refractivity contribution >= 4 is 34.5 Å². The van der Waals surface area contributed by atoms with Crippen LogP contribution in [0.5, 0.6) is 0 Å². The van der Waals surface area contributed by atoms with Crippen LogP contribution < -0.4 is 16.0 Å². The predicted octanol–water partition coefficient (Wildman–Crippen LogP) is 5.31. The highest BCUT2D eigenvalue weighted by Crippen LogP contribution is 2.34. The number of aromatic nitrogens is 1. The average Bonchev–Trinajstić information content (AvgIpc) is 2.81. The van der Waals surface area contributed by atoms with Gasteiger partial charge in [-0.1, -0.05) is 30.3 Å². The van der Waals surface area contributed by atoms with E-state index in [1.807, 2.05) is 42.5 Å². The van der Waals surface area contributed by atoms with Gasteiger partial charge in [0.25, 0.3) is 0 Å². The van der Waals surface area contributed by atoms with Gasteiger partial charge in [-0.2, -0.15) is 0 Å². The number of nitrogens with one attached hydrogen (secondary N) is 3. The highest BCUT2D eigenvalue weighted by atomic mass is 32.1. The number of nitrogens with zero attached hydrogens (tertiary/aromatic N) is 1. The van der Waals surface area contributed by atoms with Gasteiger partial charge in [0.15, 0.2) is 5.11 Å². The molecule has 0 unspecified atom stereocenters. The fourth-order valence-electron chi connectivity index (χ4n) is 3.95. The van der Waals surface area contributed by atoms with Crippen molar-refractivity contribution < 1.29 is 9.13 Å². The number of halogens is 1.